The van der Waals surface area contributed by atoms with Crippen LogP contribution < -0.4 is 4.90 Å². The predicted molar refractivity (Wildman–Crippen MR) is 175 cm³/mol. The number of hydrogen-bond acceptors (Lipinski definition) is 2. The van der Waals surface area contributed by atoms with E-state index in [0.29, 0.717) is 33.7 Å². The van der Waals surface area contributed by atoms with Gasteiger partial charge in [-0.3, -0.25) is 9.59 Å². The second-order valence-corrected chi connectivity index (χ2v) is 10.7. The molecule has 1 aliphatic heterocycles. The largest absolute Gasteiger partial charge is 0.318 e. The highest BCUT2D eigenvalue weighted by Gasteiger charge is 2.40. The van der Waals surface area contributed by atoms with Gasteiger partial charge in [-0.15, -0.1) is 0 Å². The van der Waals surface area contributed by atoms with Crippen LogP contribution in [0.15, 0.2) is 140 Å². The lowest BCUT2D eigenvalue weighted by Gasteiger charge is -2.20. The van der Waals surface area contributed by atoms with E-state index in [9.17, 15) is 9.59 Å². The summed E-state index contributed by atoms with van der Waals surface area (Å²) in [6.07, 6.45) is 0. The van der Waals surface area contributed by atoms with Crippen LogP contribution in [0.25, 0.3) is 54.6 Å². The Morgan fingerprint density at radius 3 is 1.98 bits per heavy atom. The Kier molecular flexibility index (Phi) is 5.75. The van der Waals surface area contributed by atoms with Crippen LogP contribution in [-0.4, -0.2) is 16.4 Å². The first kappa shape index (κ1) is 25.5. The Bertz CT molecular complexity index is 2330. The van der Waals surface area contributed by atoms with Gasteiger partial charge in [0.15, 0.2) is 0 Å². The van der Waals surface area contributed by atoms with E-state index in [1.54, 1.807) is 18.2 Å². The van der Waals surface area contributed by atoms with Gasteiger partial charge < -0.3 is 4.57 Å². The van der Waals surface area contributed by atoms with Crippen LogP contribution in [-0.2, 0) is 0 Å². The molecule has 5 nitrogen and oxygen atoms in total. The van der Waals surface area contributed by atoms with Crippen molar-refractivity contribution in [1.82, 2.24) is 4.57 Å². The zero-order valence-corrected chi connectivity index (χ0v) is 23.4. The zero-order valence-electron chi connectivity index (χ0n) is 23.4. The van der Waals surface area contributed by atoms with Crippen molar-refractivity contribution in [2.75, 3.05) is 4.90 Å². The molecule has 206 valence electrons. The Morgan fingerprint density at radius 1 is 0.523 bits per heavy atom. The number of carbonyl (C=O) groups excluding carboxylic acids is 2. The van der Waals surface area contributed by atoms with Gasteiger partial charge in [-0.1, -0.05) is 109 Å². The number of nitrogens with zero attached hydrogens (tertiary/aromatic N) is 3. The van der Waals surface area contributed by atoms with Gasteiger partial charge in [-0.2, -0.15) is 0 Å². The first-order valence-electron chi connectivity index (χ1n) is 14.3. The fourth-order valence-corrected chi connectivity index (χ4v) is 6.40. The zero-order chi connectivity index (χ0) is 29.8. The highest BCUT2D eigenvalue weighted by Crippen LogP contribution is 2.43. The van der Waals surface area contributed by atoms with Crippen molar-refractivity contribution in [2.45, 2.75) is 0 Å². The molecule has 0 saturated carbocycles. The molecule has 0 fully saturated rings. The lowest BCUT2D eigenvalue weighted by atomic mass is 9.97. The number of hydrogen-bond donors (Lipinski definition) is 0. The quantitative estimate of drug-likeness (QED) is 0.158. The molecule has 5 heteroatoms. The molecule has 0 unspecified atom stereocenters. The predicted octanol–water partition coefficient (Wildman–Crippen LogP) is 9.47. The van der Waals surface area contributed by atoms with Crippen LogP contribution in [0.1, 0.15) is 20.7 Å². The molecule has 1 aromatic heterocycles. The summed E-state index contributed by atoms with van der Waals surface area (Å²) in [5.74, 6) is -0.765. The number of imide groups is 1. The monoisotopic (exact) mass is 565 g/mol. The molecule has 0 spiro atoms. The molecule has 0 aliphatic carbocycles. The van der Waals surface area contributed by atoms with Gasteiger partial charge in [0.2, 0.25) is 5.69 Å². The fourth-order valence-electron chi connectivity index (χ4n) is 6.40. The van der Waals surface area contributed by atoms with E-state index in [1.807, 2.05) is 126 Å². The van der Waals surface area contributed by atoms with Crippen LogP contribution in [0.3, 0.4) is 0 Å². The highest BCUT2D eigenvalue weighted by molar-refractivity contribution is 6.36. The molecule has 6 aromatic carbocycles. The average molecular weight is 566 g/mol. The number of rotatable bonds is 4. The third-order valence-electron chi connectivity index (χ3n) is 8.36. The van der Waals surface area contributed by atoms with Crippen molar-refractivity contribution in [3.63, 3.8) is 0 Å². The van der Waals surface area contributed by atoms with Gasteiger partial charge in [-0.25, -0.2) is 9.74 Å². The second kappa shape index (κ2) is 9.94. The Morgan fingerprint density at radius 2 is 1.20 bits per heavy atom. The molecular weight excluding hydrogens is 542 g/mol. The molecule has 1 aliphatic rings. The van der Waals surface area contributed by atoms with Crippen LogP contribution in [0, 0.1) is 6.57 Å². The maximum atomic E-state index is 14.5. The summed E-state index contributed by atoms with van der Waals surface area (Å²) in [4.78, 5) is 33.8. The SMILES string of the molecule is [C-]#[N+]c1cccc2c3ccccc3n(-c3cccc4c3C(=O)N(c3ccc(-c5ccccc5)cc3-c3ccccc3)C4=O)c12. The van der Waals surface area contributed by atoms with E-state index >= 15 is 0 Å². The minimum Gasteiger partial charge on any atom is -0.318 e. The van der Waals surface area contributed by atoms with Crippen LogP contribution in [0.5, 0.6) is 0 Å². The van der Waals surface area contributed by atoms with Gasteiger partial charge in [0.05, 0.1) is 40.1 Å². The van der Waals surface area contributed by atoms with Crippen molar-refractivity contribution in [3.8, 4) is 27.9 Å². The molecule has 2 heterocycles. The number of fused-ring (bicyclic) bond motifs is 4. The van der Waals surface area contributed by atoms with Crippen molar-refractivity contribution in [2.24, 2.45) is 0 Å². The minimum absolute atomic E-state index is 0.325. The molecule has 0 N–H and O–H groups in total. The van der Waals surface area contributed by atoms with E-state index in [1.165, 1.54) is 4.90 Å². The summed E-state index contributed by atoms with van der Waals surface area (Å²) < 4.78 is 1.96. The number of para-hydroxylation sites is 2. The topological polar surface area (TPSA) is 46.7 Å². The fraction of sp³-hybridized carbons (Fsp3) is 0. The third-order valence-corrected chi connectivity index (χ3v) is 8.36. The first-order valence-corrected chi connectivity index (χ1v) is 14.3. The summed E-state index contributed by atoms with van der Waals surface area (Å²) in [6, 6.07) is 44.7. The molecule has 2 amide bonds. The third kappa shape index (κ3) is 3.72. The van der Waals surface area contributed by atoms with Crippen LogP contribution in [0.2, 0.25) is 0 Å². The maximum Gasteiger partial charge on any atom is 0.268 e. The van der Waals surface area contributed by atoms with Gasteiger partial charge in [-0.05, 0) is 52.4 Å². The minimum atomic E-state index is -0.392. The van der Waals surface area contributed by atoms with Gasteiger partial charge in [0, 0.05) is 10.9 Å². The van der Waals surface area contributed by atoms with E-state index in [-0.39, 0.29) is 5.91 Å². The molecular formula is C39H23N3O2. The van der Waals surface area contributed by atoms with Crippen LogP contribution in [0.4, 0.5) is 11.4 Å². The van der Waals surface area contributed by atoms with Crippen molar-refractivity contribution >= 4 is 45.0 Å². The summed E-state index contributed by atoms with van der Waals surface area (Å²) in [5.41, 5.74) is 7.55. The van der Waals surface area contributed by atoms with Gasteiger partial charge in [0.25, 0.3) is 11.8 Å². The number of carbonyl (C=O) groups is 2. The van der Waals surface area contributed by atoms with Gasteiger partial charge in [0.1, 0.15) is 0 Å². The number of aromatic nitrogens is 1. The number of amides is 2. The molecule has 0 saturated heterocycles. The molecule has 8 rings (SSSR count). The normalized spacial score (nSPS) is 12.6. The summed E-state index contributed by atoms with van der Waals surface area (Å²) >= 11 is 0. The van der Waals surface area contributed by atoms with E-state index in [2.05, 4.69) is 4.85 Å². The lowest BCUT2D eigenvalue weighted by molar-refractivity contribution is 0.0926. The first-order chi connectivity index (χ1) is 21.7. The van der Waals surface area contributed by atoms with Gasteiger partial charge >= 0.3 is 0 Å². The van der Waals surface area contributed by atoms with Crippen molar-refractivity contribution < 1.29 is 9.59 Å². The lowest BCUT2D eigenvalue weighted by Crippen LogP contribution is -2.30. The molecule has 0 atom stereocenters. The highest BCUT2D eigenvalue weighted by atomic mass is 16.2. The summed E-state index contributed by atoms with van der Waals surface area (Å²) in [5, 5.41) is 1.89. The Balaban J connectivity index is 1.35. The summed E-state index contributed by atoms with van der Waals surface area (Å²) in [6.45, 7) is 7.89. The molecule has 44 heavy (non-hydrogen) atoms. The Hall–Kier alpha value is -6.25. The van der Waals surface area contributed by atoms with Crippen molar-refractivity contribution in [3.05, 3.63) is 162 Å². The van der Waals surface area contributed by atoms with E-state index in [4.69, 9.17) is 6.57 Å². The van der Waals surface area contributed by atoms with E-state index in [0.717, 1.165) is 38.5 Å². The second-order valence-electron chi connectivity index (χ2n) is 10.7. The molecule has 7 aromatic rings. The smallest absolute Gasteiger partial charge is 0.268 e. The molecule has 0 radical (unpaired) electrons. The standard InChI is InChI=1S/C39H23N3O2/c1-40-32-19-10-17-29-28-16-8-9-20-33(28)41(37(29)32)35-21-11-18-30-36(35)39(44)42(38(30)43)34-23-22-27(25-12-4-2-5-13-25)24-31(34)26-14-6-3-7-15-26/h2-24H. The van der Waals surface area contributed by atoms with Crippen molar-refractivity contribution in [1.29, 1.82) is 0 Å². The maximum absolute atomic E-state index is 14.5. The number of anilines is 1. The average Bonchev–Trinajstić information content (AvgIpc) is 3.56. The van der Waals surface area contributed by atoms with Crippen LogP contribution >= 0.6 is 0 Å². The number of benzene rings is 6. The van der Waals surface area contributed by atoms with E-state index < -0.39 is 5.91 Å². The summed E-state index contributed by atoms with van der Waals surface area (Å²) in [7, 11) is 0. The Labute approximate surface area is 253 Å². The molecule has 0 bridgehead atoms.